The molecule has 0 saturated heterocycles. The lowest BCUT2D eigenvalue weighted by Crippen LogP contribution is -1.82. The second-order valence-electron chi connectivity index (χ2n) is 2.47. The van der Waals surface area contributed by atoms with Crippen molar-refractivity contribution in [3.8, 4) is 0 Å². The van der Waals surface area contributed by atoms with Crippen molar-refractivity contribution in [3.05, 3.63) is 29.8 Å². The second-order valence-corrected chi connectivity index (χ2v) is 3.83. The molecule has 1 aromatic carbocycles. The molecule has 0 aliphatic heterocycles. The lowest BCUT2D eigenvalue weighted by atomic mass is 10.2. The zero-order valence-corrected chi connectivity index (χ0v) is 7.49. The van der Waals surface area contributed by atoms with Crippen molar-refractivity contribution in [2.45, 2.75) is 24.2 Å². The predicted octanol–water partition coefficient (Wildman–Crippen LogP) is 3.40. The SMILES string of the molecule is Cc1ccc(SC(C)F)cc1. The Morgan fingerprint density at radius 3 is 2.27 bits per heavy atom. The van der Waals surface area contributed by atoms with Gasteiger partial charge in [-0.3, -0.25) is 0 Å². The molecule has 0 bridgehead atoms. The average molecular weight is 170 g/mol. The molecule has 1 unspecified atom stereocenters. The van der Waals surface area contributed by atoms with Crippen molar-refractivity contribution in [1.82, 2.24) is 0 Å². The van der Waals surface area contributed by atoms with E-state index in [1.807, 2.05) is 31.2 Å². The third-order valence-corrected chi connectivity index (χ3v) is 2.19. The van der Waals surface area contributed by atoms with E-state index in [1.165, 1.54) is 17.3 Å². The number of rotatable bonds is 2. The van der Waals surface area contributed by atoms with Gasteiger partial charge in [-0.2, -0.15) is 0 Å². The lowest BCUT2D eigenvalue weighted by molar-refractivity contribution is 0.483. The third-order valence-electron chi connectivity index (χ3n) is 1.32. The van der Waals surface area contributed by atoms with E-state index in [1.54, 1.807) is 6.92 Å². The zero-order chi connectivity index (χ0) is 8.27. The molecule has 0 saturated carbocycles. The van der Waals surface area contributed by atoms with Crippen LogP contribution in [0.25, 0.3) is 0 Å². The number of alkyl halides is 1. The Balaban J connectivity index is 2.66. The molecule has 0 nitrogen and oxygen atoms in total. The van der Waals surface area contributed by atoms with Gasteiger partial charge in [-0.25, -0.2) is 4.39 Å². The predicted molar refractivity (Wildman–Crippen MR) is 47.6 cm³/mol. The average Bonchev–Trinajstić information content (AvgIpc) is 1.93. The smallest absolute Gasteiger partial charge is 0.147 e. The van der Waals surface area contributed by atoms with Crippen LogP contribution in [0.2, 0.25) is 0 Å². The monoisotopic (exact) mass is 170 g/mol. The molecule has 0 radical (unpaired) electrons. The molecule has 0 N–H and O–H groups in total. The number of thioether (sulfide) groups is 1. The van der Waals surface area contributed by atoms with Crippen LogP contribution in [0.1, 0.15) is 12.5 Å². The molecule has 2 heteroatoms. The van der Waals surface area contributed by atoms with Crippen LogP contribution in [0.5, 0.6) is 0 Å². The van der Waals surface area contributed by atoms with Crippen LogP contribution in [0.15, 0.2) is 29.2 Å². The summed E-state index contributed by atoms with van der Waals surface area (Å²) in [6.45, 7) is 3.57. The van der Waals surface area contributed by atoms with Crippen LogP contribution >= 0.6 is 11.8 Å². The first-order chi connectivity index (χ1) is 5.18. The molecule has 0 aliphatic carbocycles. The van der Waals surface area contributed by atoms with Crippen LogP contribution in [0.4, 0.5) is 4.39 Å². The highest BCUT2D eigenvalue weighted by molar-refractivity contribution is 7.99. The van der Waals surface area contributed by atoms with E-state index in [4.69, 9.17) is 0 Å². The topological polar surface area (TPSA) is 0 Å². The quantitative estimate of drug-likeness (QED) is 0.613. The number of halogens is 1. The largest absolute Gasteiger partial charge is 0.236 e. The number of hydrogen-bond acceptors (Lipinski definition) is 1. The molecular weight excluding hydrogens is 159 g/mol. The summed E-state index contributed by atoms with van der Waals surface area (Å²) in [7, 11) is 0. The number of benzene rings is 1. The van der Waals surface area contributed by atoms with Crippen molar-refractivity contribution >= 4 is 11.8 Å². The molecule has 11 heavy (non-hydrogen) atoms. The van der Waals surface area contributed by atoms with Crippen molar-refractivity contribution in [2.75, 3.05) is 0 Å². The summed E-state index contributed by atoms with van der Waals surface area (Å²) in [5.41, 5.74) is 0.388. The third kappa shape index (κ3) is 2.93. The number of hydrogen-bond donors (Lipinski definition) is 0. The molecule has 0 amide bonds. The molecule has 1 rings (SSSR count). The van der Waals surface area contributed by atoms with E-state index in [9.17, 15) is 4.39 Å². The van der Waals surface area contributed by atoms with Crippen LogP contribution < -0.4 is 0 Å². The second kappa shape index (κ2) is 3.77. The minimum Gasteiger partial charge on any atom is -0.236 e. The van der Waals surface area contributed by atoms with Gasteiger partial charge >= 0.3 is 0 Å². The lowest BCUT2D eigenvalue weighted by Gasteiger charge is -2.01. The molecule has 1 aromatic rings. The fourth-order valence-electron chi connectivity index (χ4n) is 0.804. The number of aryl methyl sites for hydroxylation is 1. The Labute approximate surface area is 70.8 Å². The molecule has 0 fully saturated rings. The van der Waals surface area contributed by atoms with Crippen LogP contribution in [-0.2, 0) is 0 Å². The summed E-state index contributed by atoms with van der Waals surface area (Å²) in [6.07, 6.45) is 0. The van der Waals surface area contributed by atoms with Crippen molar-refractivity contribution in [2.24, 2.45) is 0 Å². The Hall–Kier alpha value is -0.500. The Bertz CT molecular complexity index is 216. The van der Waals surface area contributed by atoms with Gasteiger partial charge in [0.05, 0.1) is 0 Å². The first-order valence-corrected chi connectivity index (χ1v) is 4.44. The zero-order valence-electron chi connectivity index (χ0n) is 6.67. The molecule has 1 atom stereocenters. The minimum absolute atomic E-state index is 0.822. The standard InChI is InChI=1S/C9H11FS/c1-7-3-5-9(6-4-7)11-8(2)10/h3-6,8H,1-2H3. The summed E-state index contributed by atoms with van der Waals surface area (Å²) in [5.74, 6) is 0. The summed E-state index contributed by atoms with van der Waals surface area (Å²) in [6, 6.07) is 7.86. The van der Waals surface area contributed by atoms with E-state index in [0.29, 0.717) is 0 Å². The normalized spacial score (nSPS) is 13.0. The van der Waals surface area contributed by atoms with E-state index in [0.717, 1.165) is 4.90 Å². The van der Waals surface area contributed by atoms with Gasteiger partial charge in [-0.1, -0.05) is 29.5 Å². The van der Waals surface area contributed by atoms with E-state index >= 15 is 0 Å². The van der Waals surface area contributed by atoms with Crippen molar-refractivity contribution in [1.29, 1.82) is 0 Å². The molecule has 0 aliphatic rings. The molecule has 0 spiro atoms. The first-order valence-electron chi connectivity index (χ1n) is 3.56. The Morgan fingerprint density at radius 2 is 1.82 bits per heavy atom. The van der Waals surface area contributed by atoms with Crippen molar-refractivity contribution < 1.29 is 4.39 Å². The van der Waals surface area contributed by atoms with Gasteiger partial charge in [-0.15, -0.1) is 0 Å². The van der Waals surface area contributed by atoms with Gasteiger partial charge in [0, 0.05) is 4.90 Å². The van der Waals surface area contributed by atoms with Crippen LogP contribution in [-0.4, -0.2) is 5.50 Å². The van der Waals surface area contributed by atoms with Crippen LogP contribution in [0.3, 0.4) is 0 Å². The fourth-order valence-corrected chi connectivity index (χ4v) is 1.47. The van der Waals surface area contributed by atoms with Gasteiger partial charge < -0.3 is 0 Å². The summed E-state index contributed by atoms with van der Waals surface area (Å²) >= 11 is 1.24. The first kappa shape index (κ1) is 8.60. The van der Waals surface area contributed by atoms with E-state index < -0.39 is 5.50 Å². The molecule has 0 heterocycles. The van der Waals surface area contributed by atoms with Gasteiger partial charge in [0.2, 0.25) is 0 Å². The van der Waals surface area contributed by atoms with Crippen LogP contribution in [0, 0.1) is 6.92 Å². The van der Waals surface area contributed by atoms with Gasteiger partial charge in [0.25, 0.3) is 0 Å². The molecule has 60 valence electrons. The highest BCUT2D eigenvalue weighted by Gasteiger charge is 1.99. The van der Waals surface area contributed by atoms with Crippen molar-refractivity contribution in [3.63, 3.8) is 0 Å². The van der Waals surface area contributed by atoms with E-state index in [2.05, 4.69) is 0 Å². The molecular formula is C9H11FS. The fraction of sp³-hybridized carbons (Fsp3) is 0.333. The van der Waals surface area contributed by atoms with E-state index in [-0.39, 0.29) is 0 Å². The Kier molecular flexibility index (Phi) is 2.94. The van der Waals surface area contributed by atoms with Gasteiger partial charge in [0.15, 0.2) is 0 Å². The highest BCUT2D eigenvalue weighted by atomic mass is 32.2. The Morgan fingerprint density at radius 1 is 1.27 bits per heavy atom. The maximum Gasteiger partial charge on any atom is 0.147 e. The minimum atomic E-state index is -0.822. The molecule has 0 aromatic heterocycles. The maximum absolute atomic E-state index is 12.5. The summed E-state index contributed by atoms with van der Waals surface area (Å²) in [5, 5.41) is 0. The highest BCUT2D eigenvalue weighted by Crippen LogP contribution is 2.23. The summed E-state index contributed by atoms with van der Waals surface area (Å²) in [4.78, 5) is 0.991. The maximum atomic E-state index is 12.5. The van der Waals surface area contributed by atoms with Gasteiger partial charge in [-0.05, 0) is 26.0 Å². The summed E-state index contributed by atoms with van der Waals surface area (Å²) < 4.78 is 12.5. The van der Waals surface area contributed by atoms with Gasteiger partial charge in [0.1, 0.15) is 5.50 Å².